The monoisotopic (exact) mass is 414 g/mol. The van der Waals surface area contributed by atoms with E-state index in [1.807, 2.05) is 6.07 Å². The molecule has 0 radical (unpaired) electrons. The van der Waals surface area contributed by atoms with E-state index in [1.54, 1.807) is 18.2 Å². The molecule has 1 aliphatic heterocycles. The lowest BCUT2D eigenvalue weighted by molar-refractivity contribution is 0.100. The fraction of sp³-hybridized carbons (Fsp3) is 0.263. The van der Waals surface area contributed by atoms with Gasteiger partial charge in [-0.25, -0.2) is 8.42 Å². The maximum Gasteiger partial charge on any atom is 0.271 e. The van der Waals surface area contributed by atoms with Gasteiger partial charge in [0, 0.05) is 6.21 Å². The maximum atomic E-state index is 12.7. The first-order valence-electron chi connectivity index (χ1n) is 8.67. The molecule has 3 N–H and O–H groups in total. The predicted octanol–water partition coefficient (Wildman–Crippen LogP) is 0.943. The van der Waals surface area contributed by atoms with Crippen LogP contribution in [0.2, 0.25) is 0 Å². The van der Waals surface area contributed by atoms with Crippen molar-refractivity contribution in [3.63, 3.8) is 0 Å². The first-order chi connectivity index (χ1) is 13.7. The van der Waals surface area contributed by atoms with Crippen LogP contribution in [0.5, 0.6) is 5.88 Å². The van der Waals surface area contributed by atoms with Crippen LogP contribution >= 0.6 is 0 Å². The number of nitrogens with two attached hydrogens (primary N) is 1. The second-order valence-corrected chi connectivity index (χ2v) is 8.95. The van der Waals surface area contributed by atoms with Crippen molar-refractivity contribution >= 4 is 27.6 Å². The van der Waals surface area contributed by atoms with Crippen LogP contribution < -0.4 is 11.3 Å². The quantitative estimate of drug-likeness (QED) is 0.709. The molecule has 1 atom stereocenters. The van der Waals surface area contributed by atoms with E-state index in [0.29, 0.717) is 0 Å². The van der Waals surface area contributed by atoms with Crippen molar-refractivity contribution in [1.82, 2.24) is 4.57 Å². The molecule has 9 nitrogen and oxygen atoms in total. The van der Waals surface area contributed by atoms with E-state index in [4.69, 9.17) is 5.73 Å². The molecule has 2 heterocycles. The summed E-state index contributed by atoms with van der Waals surface area (Å²) < 4.78 is 24.6. The van der Waals surface area contributed by atoms with Crippen molar-refractivity contribution in [2.24, 2.45) is 10.7 Å². The van der Waals surface area contributed by atoms with Crippen molar-refractivity contribution in [1.29, 1.82) is 5.26 Å². The average molecular weight is 414 g/mol. The highest BCUT2D eigenvalue weighted by Gasteiger charge is 2.33. The summed E-state index contributed by atoms with van der Waals surface area (Å²) in [5.41, 5.74) is 5.07. The standard InChI is InChI=1S/C19H18N4O5S/c1-11-14(8-20)18(25)23(12-6-7-29(27,28)10-12)19(26)15(11)9-22-16-5-3-2-4-13(16)17(21)24/h2-5,9,12,26H,6-7,10H2,1H3,(H2,21,24)/t12-/m1/s1. The van der Waals surface area contributed by atoms with E-state index in [9.17, 15) is 28.4 Å². The summed E-state index contributed by atoms with van der Waals surface area (Å²) in [6.45, 7) is 1.48. The van der Waals surface area contributed by atoms with Crippen molar-refractivity contribution < 1.29 is 18.3 Å². The lowest BCUT2D eigenvalue weighted by Crippen LogP contribution is -2.29. The van der Waals surface area contributed by atoms with Crippen LogP contribution in [0.25, 0.3) is 0 Å². The number of aliphatic imine (C=N–C) groups is 1. The number of hydrogen-bond acceptors (Lipinski definition) is 7. The highest BCUT2D eigenvalue weighted by molar-refractivity contribution is 7.91. The van der Waals surface area contributed by atoms with Crippen LogP contribution in [0.4, 0.5) is 5.69 Å². The molecule has 1 aromatic carbocycles. The molecule has 1 saturated heterocycles. The molecule has 10 heteroatoms. The van der Waals surface area contributed by atoms with Crippen LogP contribution in [0.15, 0.2) is 34.1 Å². The summed E-state index contributed by atoms with van der Waals surface area (Å²) in [5.74, 6) is -1.56. The SMILES string of the molecule is Cc1c(C=Nc2ccccc2C(N)=O)c(O)n([C@@H]2CCS(=O)(=O)C2)c(=O)c1C#N. The Morgan fingerprint density at radius 3 is 2.69 bits per heavy atom. The summed E-state index contributed by atoms with van der Waals surface area (Å²) >= 11 is 0. The predicted molar refractivity (Wildman–Crippen MR) is 106 cm³/mol. The van der Waals surface area contributed by atoms with Gasteiger partial charge in [-0.1, -0.05) is 12.1 Å². The third-order valence-corrected chi connectivity index (χ3v) is 6.62. The van der Waals surface area contributed by atoms with Gasteiger partial charge in [-0.15, -0.1) is 0 Å². The van der Waals surface area contributed by atoms with Gasteiger partial charge in [-0.3, -0.25) is 19.1 Å². The van der Waals surface area contributed by atoms with Crippen LogP contribution in [0.1, 0.15) is 39.5 Å². The van der Waals surface area contributed by atoms with E-state index in [2.05, 4.69) is 4.99 Å². The molecule has 0 aliphatic carbocycles. The number of rotatable bonds is 4. The maximum absolute atomic E-state index is 12.7. The van der Waals surface area contributed by atoms with E-state index in [-0.39, 0.29) is 45.9 Å². The first kappa shape index (κ1) is 20.3. The van der Waals surface area contributed by atoms with Crippen LogP contribution in [0, 0.1) is 18.3 Å². The third kappa shape index (κ3) is 3.77. The largest absolute Gasteiger partial charge is 0.494 e. The van der Waals surface area contributed by atoms with Crippen molar-refractivity contribution in [2.75, 3.05) is 11.5 Å². The molecule has 0 spiro atoms. The van der Waals surface area contributed by atoms with E-state index < -0.39 is 33.2 Å². The molecule has 150 valence electrons. The number of aromatic hydroxyl groups is 1. The molecule has 0 unspecified atom stereocenters. The number of pyridine rings is 1. The van der Waals surface area contributed by atoms with Gasteiger partial charge in [0.15, 0.2) is 9.84 Å². The molecular weight excluding hydrogens is 396 g/mol. The van der Waals surface area contributed by atoms with Crippen molar-refractivity contribution in [3.05, 3.63) is 56.9 Å². The fourth-order valence-electron chi connectivity index (χ4n) is 3.34. The Morgan fingerprint density at radius 2 is 2.10 bits per heavy atom. The minimum absolute atomic E-state index is 0.0877. The van der Waals surface area contributed by atoms with Gasteiger partial charge in [0.25, 0.3) is 11.5 Å². The van der Waals surface area contributed by atoms with Crippen LogP contribution in [0.3, 0.4) is 0 Å². The summed E-state index contributed by atoms with van der Waals surface area (Å²) in [5, 5.41) is 20.2. The van der Waals surface area contributed by atoms with Gasteiger partial charge in [0.05, 0.1) is 34.4 Å². The number of benzene rings is 1. The fourth-order valence-corrected chi connectivity index (χ4v) is 5.04. The van der Waals surface area contributed by atoms with Gasteiger partial charge < -0.3 is 10.8 Å². The highest BCUT2D eigenvalue weighted by atomic mass is 32.2. The highest BCUT2D eigenvalue weighted by Crippen LogP contribution is 2.30. The number of carbonyl (C=O) groups excluding carboxylic acids is 1. The zero-order chi connectivity index (χ0) is 21.3. The van der Waals surface area contributed by atoms with Gasteiger partial charge in [0.2, 0.25) is 5.88 Å². The van der Waals surface area contributed by atoms with E-state index in [1.165, 1.54) is 19.2 Å². The lowest BCUT2D eigenvalue weighted by atomic mass is 10.0. The summed E-state index contributed by atoms with van der Waals surface area (Å²) in [6.07, 6.45) is 1.39. The molecule has 2 aromatic rings. The number of carbonyl (C=O) groups is 1. The van der Waals surface area contributed by atoms with Crippen LogP contribution in [-0.2, 0) is 9.84 Å². The Morgan fingerprint density at radius 1 is 1.41 bits per heavy atom. The number of nitriles is 1. The average Bonchev–Trinajstić information content (AvgIpc) is 3.01. The Kier molecular flexibility index (Phi) is 5.26. The zero-order valence-corrected chi connectivity index (χ0v) is 16.3. The first-order valence-corrected chi connectivity index (χ1v) is 10.5. The van der Waals surface area contributed by atoms with Gasteiger partial charge in [-0.05, 0) is 31.0 Å². The smallest absolute Gasteiger partial charge is 0.271 e. The summed E-state index contributed by atoms with van der Waals surface area (Å²) in [4.78, 5) is 28.4. The Labute approximate surface area is 166 Å². The second kappa shape index (κ2) is 7.52. The molecule has 0 saturated carbocycles. The van der Waals surface area contributed by atoms with Crippen molar-refractivity contribution in [3.8, 4) is 11.9 Å². The topological polar surface area (TPSA) is 156 Å². The molecule has 0 bridgehead atoms. The number of amides is 1. The minimum atomic E-state index is -3.33. The van der Waals surface area contributed by atoms with Gasteiger partial charge in [-0.2, -0.15) is 5.26 Å². The lowest BCUT2D eigenvalue weighted by Gasteiger charge is -2.18. The second-order valence-electron chi connectivity index (χ2n) is 6.72. The van der Waals surface area contributed by atoms with Gasteiger partial charge in [0.1, 0.15) is 11.6 Å². The third-order valence-electron chi connectivity index (χ3n) is 4.87. The number of hydrogen-bond donors (Lipinski definition) is 2. The van der Waals surface area contributed by atoms with Crippen molar-refractivity contribution in [2.45, 2.75) is 19.4 Å². The molecule has 1 aromatic heterocycles. The minimum Gasteiger partial charge on any atom is -0.494 e. The molecule has 1 amide bonds. The Balaban J connectivity index is 2.18. The number of sulfone groups is 1. The number of para-hydroxylation sites is 1. The number of aromatic nitrogens is 1. The Hall–Kier alpha value is -3.45. The molecule has 1 fully saturated rings. The molecular formula is C19H18N4O5S. The zero-order valence-electron chi connectivity index (χ0n) is 15.5. The molecule has 29 heavy (non-hydrogen) atoms. The molecule has 1 aliphatic rings. The van der Waals surface area contributed by atoms with Gasteiger partial charge >= 0.3 is 0 Å². The summed E-state index contributed by atoms with van der Waals surface area (Å²) in [6, 6.07) is 7.35. The van der Waals surface area contributed by atoms with Crippen LogP contribution in [-0.4, -0.2) is 41.7 Å². The molecule has 3 rings (SSSR count). The van der Waals surface area contributed by atoms with E-state index in [0.717, 1.165) is 4.57 Å². The summed E-state index contributed by atoms with van der Waals surface area (Å²) in [7, 11) is -3.33. The van der Waals surface area contributed by atoms with E-state index >= 15 is 0 Å². The normalized spacial score (nSPS) is 18.0. The number of primary amides is 1. The number of nitrogens with zero attached hydrogens (tertiary/aromatic N) is 3. The Bertz CT molecular complexity index is 1240.